The van der Waals surface area contributed by atoms with E-state index in [0.29, 0.717) is 28.1 Å². The largest absolute Gasteiger partial charge is 0.508 e. The lowest BCUT2D eigenvalue weighted by atomic mass is 10.0. The van der Waals surface area contributed by atoms with Gasteiger partial charge in [0.25, 0.3) is 0 Å². The molecule has 22 N–H and O–H groups in total. The fraction of sp³-hybridized carbons (Fsp3) is 0.413. The molecule has 1 aliphatic rings. The van der Waals surface area contributed by atoms with Crippen molar-refractivity contribution < 1.29 is 62.6 Å². The maximum absolute atomic E-state index is 14.8. The Labute approximate surface area is 552 Å². The van der Waals surface area contributed by atoms with Crippen LogP contribution in [0.5, 0.6) is 11.5 Å². The number of aryl methyl sites for hydroxylation is 1. The van der Waals surface area contributed by atoms with Crippen LogP contribution in [0.4, 0.5) is 5.69 Å². The van der Waals surface area contributed by atoms with Gasteiger partial charge in [0.05, 0.1) is 13.5 Å². The summed E-state index contributed by atoms with van der Waals surface area (Å²) >= 11 is 0. The molecule has 1 aliphatic heterocycles. The van der Waals surface area contributed by atoms with E-state index in [0.717, 1.165) is 5.56 Å². The summed E-state index contributed by atoms with van der Waals surface area (Å²) < 4.78 is 5.30. The normalized spacial score (nSPS) is 14.5. The molecule has 33 heteroatoms. The molecule has 0 spiro atoms. The van der Waals surface area contributed by atoms with E-state index >= 15 is 0 Å². The Morgan fingerprint density at radius 2 is 1.03 bits per heavy atom. The number of amides is 11. The molecule has 514 valence electrons. The predicted octanol–water partition coefficient (Wildman–Crippen LogP) is -1.88. The number of likely N-dealkylation sites (tertiary alicyclic amines) is 1. The third-order valence-electron chi connectivity index (χ3n) is 15.3. The van der Waals surface area contributed by atoms with Crippen LogP contribution in [0.2, 0.25) is 0 Å². The molecule has 0 bridgehead atoms. The SMILES string of the molecule is COc1ccc(CC(NC(=O)CCc2ccc(N=[N+]=[N-])cc2)C(=O)NC(Cc2ccccc2)C(=O)NC(CCC(N)=O)C(=O)NC(CC(N)=O)C(=O)NC(CCCN=C(N)N)C(=O)N2CCCC2C(=O)NC(CCCN=C(N)N)C(=O)NC(Cc2ccc(O)cc2)C(N)=O)cc1. The van der Waals surface area contributed by atoms with Gasteiger partial charge in [-0.3, -0.25) is 62.7 Å². The van der Waals surface area contributed by atoms with Crippen LogP contribution in [0.25, 0.3) is 10.4 Å². The number of nitrogens with two attached hydrogens (primary N) is 7. The van der Waals surface area contributed by atoms with Crippen molar-refractivity contribution in [1.29, 1.82) is 0 Å². The molecule has 0 radical (unpaired) electrons. The lowest BCUT2D eigenvalue weighted by Gasteiger charge is -2.31. The molecule has 0 aliphatic carbocycles. The van der Waals surface area contributed by atoms with E-state index < -0.39 is 133 Å². The molecule has 1 heterocycles. The summed E-state index contributed by atoms with van der Waals surface area (Å²) in [6.45, 7) is -0.0364. The Morgan fingerprint density at radius 1 is 0.552 bits per heavy atom. The number of benzene rings is 4. The molecule has 4 aromatic carbocycles. The maximum atomic E-state index is 14.8. The first-order valence-corrected chi connectivity index (χ1v) is 30.8. The highest BCUT2D eigenvalue weighted by Crippen LogP contribution is 2.22. The highest BCUT2D eigenvalue weighted by atomic mass is 16.5. The van der Waals surface area contributed by atoms with Crippen molar-refractivity contribution in [3.63, 3.8) is 0 Å². The number of aromatic hydroxyl groups is 1. The van der Waals surface area contributed by atoms with E-state index in [9.17, 15) is 57.8 Å². The summed E-state index contributed by atoms with van der Waals surface area (Å²) in [4.78, 5) is 165. The van der Waals surface area contributed by atoms with Gasteiger partial charge in [0.2, 0.25) is 65.0 Å². The Balaban J connectivity index is 1.39. The minimum atomic E-state index is -1.87. The van der Waals surface area contributed by atoms with Crippen molar-refractivity contribution in [1.82, 2.24) is 42.1 Å². The van der Waals surface area contributed by atoms with Gasteiger partial charge in [-0.2, -0.15) is 0 Å². The van der Waals surface area contributed by atoms with Crippen LogP contribution in [0.15, 0.2) is 118 Å². The van der Waals surface area contributed by atoms with Crippen LogP contribution in [-0.4, -0.2) is 162 Å². The predicted molar refractivity (Wildman–Crippen MR) is 352 cm³/mol. The number of aliphatic imine (C=N–C) groups is 2. The van der Waals surface area contributed by atoms with E-state index in [-0.39, 0.29) is 108 Å². The van der Waals surface area contributed by atoms with Crippen LogP contribution in [0.3, 0.4) is 0 Å². The smallest absolute Gasteiger partial charge is 0.245 e. The van der Waals surface area contributed by atoms with Crippen LogP contribution in [0.1, 0.15) is 86.5 Å². The van der Waals surface area contributed by atoms with E-state index in [2.05, 4.69) is 57.2 Å². The summed E-state index contributed by atoms with van der Waals surface area (Å²) in [6.07, 6.45) is -1.76. The number of azide groups is 1. The van der Waals surface area contributed by atoms with Crippen molar-refractivity contribution in [2.75, 3.05) is 26.7 Å². The quantitative estimate of drug-likeness (QED) is 0.00581. The number of carbonyl (C=O) groups excluding carboxylic acids is 11. The minimum Gasteiger partial charge on any atom is -0.508 e. The highest BCUT2D eigenvalue weighted by Gasteiger charge is 2.41. The number of nitrogens with zero attached hydrogens (tertiary/aromatic N) is 6. The Morgan fingerprint density at radius 3 is 1.58 bits per heavy atom. The summed E-state index contributed by atoms with van der Waals surface area (Å²) in [7, 11) is 1.48. The van der Waals surface area contributed by atoms with Gasteiger partial charge >= 0.3 is 0 Å². The molecule has 8 unspecified atom stereocenters. The van der Waals surface area contributed by atoms with E-state index in [1.807, 2.05) is 0 Å². The van der Waals surface area contributed by atoms with E-state index in [1.165, 1.54) is 36.3 Å². The first kappa shape index (κ1) is 75.2. The molecule has 8 atom stereocenters. The van der Waals surface area contributed by atoms with Gasteiger partial charge in [-0.1, -0.05) is 84.0 Å². The van der Waals surface area contributed by atoms with E-state index in [4.69, 9.17) is 50.4 Å². The number of guanidine groups is 2. The summed E-state index contributed by atoms with van der Waals surface area (Å²) in [5.41, 5.74) is 50.6. The van der Waals surface area contributed by atoms with Gasteiger partial charge in [0.1, 0.15) is 59.8 Å². The van der Waals surface area contributed by atoms with Crippen molar-refractivity contribution in [2.45, 2.75) is 138 Å². The number of ether oxygens (including phenoxy) is 1. The standard InChI is InChI=1S/C63H84N20O13/c1-96-42-24-17-39(18-25-42)34-47(74-53(87)28-19-36-13-20-40(21-14-36)81-82-71)57(91)79-48(33-37-8-3-2-4-9-37)58(92)75-44(26-27-51(64)85)56(90)80-49(35-52(65)86)59(93)77-45(11-6-30-73-63(69)70)61(95)83-31-7-12-50(83)60(94)76-43(10-5-29-72-62(67)68)55(89)78-46(54(66)88)32-38-15-22-41(84)23-16-38/h2-4,8-9,13-18,20-25,43-50,84H,5-7,10-12,19,26-35H2,1H3,(H2,64,85)(H2,65,86)(H2,66,88)(H,74,87)(H,75,92)(H,76,94)(H,77,93)(H,78,89)(H,79,91)(H,80,90)(H4,67,68,72)(H4,69,70,73). The molecule has 0 saturated carbocycles. The average Bonchev–Trinajstić information content (AvgIpc) is 1.62. The number of hydrogen-bond donors (Lipinski definition) is 15. The molecule has 96 heavy (non-hydrogen) atoms. The number of carbonyl (C=O) groups is 11. The Hall–Kier alpha value is -11.5. The van der Waals surface area contributed by atoms with Crippen molar-refractivity contribution >= 4 is 82.6 Å². The monoisotopic (exact) mass is 1330 g/mol. The van der Waals surface area contributed by atoms with Gasteiger partial charge in [-0.25, -0.2) is 0 Å². The zero-order valence-corrected chi connectivity index (χ0v) is 53.0. The number of phenolic OH excluding ortho intramolecular Hbond substituents is 1. The van der Waals surface area contributed by atoms with Crippen molar-refractivity contribution in [3.05, 3.63) is 136 Å². The maximum Gasteiger partial charge on any atom is 0.245 e. The average molecular weight is 1330 g/mol. The number of methoxy groups -OCH3 is 1. The number of phenols is 1. The molecular formula is C63H84N20O13. The summed E-state index contributed by atoms with van der Waals surface area (Å²) in [5, 5.41) is 31.6. The molecule has 0 aromatic heterocycles. The fourth-order valence-electron chi connectivity index (χ4n) is 10.3. The van der Waals surface area contributed by atoms with Crippen LogP contribution in [0, 0.1) is 0 Å². The lowest BCUT2D eigenvalue weighted by Crippen LogP contribution is -2.60. The topological polar surface area (TPSA) is 560 Å². The van der Waals surface area contributed by atoms with Crippen LogP contribution >= 0.6 is 0 Å². The Bertz CT molecular complexity index is 3450. The van der Waals surface area contributed by atoms with Gasteiger partial charge in [0.15, 0.2) is 11.9 Å². The summed E-state index contributed by atoms with van der Waals surface area (Å²) in [5.74, 6) is -9.96. The summed E-state index contributed by atoms with van der Waals surface area (Å²) in [6, 6.07) is 15.8. The van der Waals surface area contributed by atoms with E-state index in [1.54, 1.807) is 78.9 Å². The zero-order valence-electron chi connectivity index (χ0n) is 53.0. The van der Waals surface area contributed by atoms with Gasteiger partial charge in [-0.15, -0.1) is 0 Å². The van der Waals surface area contributed by atoms with Gasteiger partial charge in [-0.05, 0) is 103 Å². The molecule has 33 nitrogen and oxygen atoms in total. The number of nitrogens with one attached hydrogen (secondary N) is 7. The number of primary amides is 3. The first-order valence-electron chi connectivity index (χ1n) is 30.8. The van der Waals surface area contributed by atoms with Crippen molar-refractivity contribution in [3.8, 4) is 11.5 Å². The van der Waals surface area contributed by atoms with Gasteiger partial charge in [0, 0.05) is 62.3 Å². The number of rotatable bonds is 39. The third kappa shape index (κ3) is 25.9. The highest BCUT2D eigenvalue weighted by molar-refractivity contribution is 5.99. The van der Waals surface area contributed by atoms with Crippen LogP contribution in [-0.2, 0) is 78.4 Å². The minimum absolute atomic E-state index is 0.0280. The van der Waals surface area contributed by atoms with Gasteiger partial charge < -0.3 is 92.1 Å². The van der Waals surface area contributed by atoms with Crippen LogP contribution < -0.4 is 82.1 Å². The first-order chi connectivity index (χ1) is 45.8. The second-order valence-electron chi connectivity index (χ2n) is 22.6. The zero-order chi connectivity index (χ0) is 70.3. The lowest BCUT2D eigenvalue weighted by molar-refractivity contribution is -0.143. The molecule has 1 fully saturated rings. The molecule has 11 amide bonds. The molecule has 1 saturated heterocycles. The fourth-order valence-corrected chi connectivity index (χ4v) is 10.3. The Kier molecular flexibility index (Phi) is 30.2. The van der Waals surface area contributed by atoms with Crippen molar-refractivity contribution in [2.24, 2.45) is 55.2 Å². The second kappa shape index (κ2) is 38.5. The number of hydrogen-bond acceptors (Lipinski definition) is 16. The third-order valence-corrected chi connectivity index (χ3v) is 15.3. The second-order valence-corrected chi connectivity index (χ2v) is 22.6. The molecule has 4 aromatic rings. The molecular weight excluding hydrogens is 1240 g/mol. The molecule has 5 rings (SSSR count).